The molecule has 110 valence electrons. The van der Waals surface area contributed by atoms with Crippen LogP contribution >= 0.6 is 12.2 Å². The predicted octanol–water partition coefficient (Wildman–Crippen LogP) is -0.518. The van der Waals surface area contributed by atoms with Gasteiger partial charge in [0, 0.05) is 11.8 Å². The lowest BCUT2D eigenvalue weighted by atomic mass is 9.89. The monoisotopic (exact) mass is 300 g/mol. The van der Waals surface area contributed by atoms with Crippen LogP contribution in [0.15, 0.2) is 11.0 Å². The Morgan fingerprint density at radius 1 is 1.65 bits per heavy atom. The normalized spacial score (nSPS) is 36.2. The number of aromatic amines is 1. The molecule has 0 aromatic carbocycles. The number of nitrogens with one attached hydrogen (secondary N) is 1. The second kappa shape index (κ2) is 4.74. The van der Waals surface area contributed by atoms with Gasteiger partial charge in [0.05, 0.1) is 31.8 Å². The van der Waals surface area contributed by atoms with Gasteiger partial charge in [-0.05, 0) is 19.1 Å². The van der Waals surface area contributed by atoms with Gasteiger partial charge >= 0.3 is 0 Å². The van der Waals surface area contributed by atoms with E-state index in [-0.39, 0.29) is 29.5 Å². The van der Waals surface area contributed by atoms with E-state index < -0.39 is 17.9 Å². The number of hydrogen-bond donors (Lipinski definition) is 3. The molecule has 0 saturated carbocycles. The number of H-pyrrole nitrogens is 1. The van der Waals surface area contributed by atoms with Crippen LogP contribution in [0.4, 0.5) is 0 Å². The summed E-state index contributed by atoms with van der Waals surface area (Å²) in [5.41, 5.74) is -0.871. The fraction of sp³-hybridized carbons (Fsp3) is 0.667. The van der Waals surface area contributed by atoms with Crippen molar-refractivity contribution in [1.82, 2.24) is 9.55 Å². The third kappa shape index (κ3) is 1.87. The number of aromatic nitrogens is 2. The molecule has 8 heteroatoms. The number of aliphatic hydroxyl groups excluding tert-OH is 2. The predicted molar refractivity (Wildman–Crippen MR) is 70.9 cm³/mol. The Morgan fingerprint density at radius 2 is 2.40 bits per heavy atom. The van der Waals surface area contributed by atoms with Gasteiger partial charge in [-0.2, -0.15) is 0 Å². The SMILES string of the molecule is Cc1cn([C@@H]2O[C@@]3(CO)COC[C@H]2C3O)c(=S)[nH]c1=O. The molecule has 1 aromatic heterocycles. The third-order valence-electron chi connectivity index (χ3n) is 4.01. The molecular weight excluding hydrogens is 284 g/mol. The summed E-state index contributed by atoms with van der Waals surface area (Å²) in [5, 5.41) is 19.8. The Labute approximate surface area is 119 Å². The van der Waals surface area contributed by atoms with E-state index in [0.717, 1.165) is 0 Å². The molecule has 3 N–H and O–H groups in total. The molecule has 0 spiro atoms. The van der Waals surface area contributed by atoms with E-state index in [0.29, 0.717) is 12.2 Å². The van der Waals surface area contributed by atoms with Crippen molar-refractivity contribution in [1.29, 1.82) is 0 Å². The second-order valence-electron chi connectivity index (χ2n) is 5.33. The lowest BCUT2D eigenvalue weighted by Gasteiger charge is -2.33. The summed E-state index contributed by atoms with van der Waals surface area (Å²) in [6.45, 7) is 1.78. The molecule has 1 aromatic rings. The van der Waals surface area contributed by atoms with Gasteiger partial charge in [0.15, 0.2) is 4.77 Å². The molecular formula is C12H16N2O5S. The van der Waals surface area contributed by atoms with Gasteiger partial charge in [0.25, 0.3) is 5.56 Å². The van der Waals surface area contributed by atoms with Crippen molar-refractivity contribution in [3.05, 3.63) is 26.9 Å². The number of hydrogen-bond acceptors (Lipinski definition) is 6. The van der Waals surface area contributed by atoms with Gasteiger partial charge in [-0.3, -0.25) is 14.3 Å². The van der Waals surface area contributed by atoms with Gasteiger partial charge < -0.3 is 19.7 Å². The van der Waals surface area contributed by atoms with Crippen LogP contribution in [0.5, 0.6) is 0 Å². The maximum Gasteiger partial charge on any atom is 0.254 e. The van der Waals surface area contributed by atoms with E-state index in [9.17, 15) is 15.0 Å². The summed E-state index contributed by atoms with van der Waals surface area (Å²) in [5.74, 6) is -0.340. The summed E-state index contributed by atoms with van der Waals surface area (Å²) in [7, 11) is 0. The van der Waals surface area contributed by atoms with Crippen LogP contribution in [-0.2, 0) is 9.47 Å². The van der Waals surface area contributed by atoms with Crippen LogP contribution < -0.4 is 5.56 Å². The number of fused-ring (bicyclic) bond motifs is 2. The van der Waals surface area contributed by atoms with E-state index in [1.54, 1.807) is 17.7 Å². The van der Waals surface area contributed by atoms with Crippen molar-refractivity contribution < 1.29 is 19.7 Å². The molecule has 1 unspecified atom stereocenters. The molecule has 2 aliphatic heterocycles. The third-order valence-corrected chi connectivity index (χ3v) is 4.32. The first-order valence-corrected chi connectivity index (χ1v) is 6.76. The van der Waals surface area contributed by atoms with Crippen molar-refractivity contribution in [2.24, 2.45) is 5.92 Å². The summed E-state index contributed by atoms with van der Waals surface area (Å²) >= 11 is 5.15. The second-order valence-corrected chi connectivity index (χ2v) is 5.72. The number of aliphatic hydroxyl groups is 2. The van der Waals surface area contributed by atoms with Crippen LogP contribution in [0.1, 0.15) is 11.8 Å². The van der Waals surface area contributed by atoms with Crippen LogP contribution in [0.2, 0.25) is 0 Å². The zero-order chi connectivity index (χ0) is 14.5. The highest BCUT2D eigenvalue weighted by molar-refractivity contribution is 7.71. The maximum atomic E-state index is 11.5. The topological polar surface area (TPSA) is 96.7 Å². The summed E-state index contributed by atoms with van der Waals surface area (Å²) in [6.07, 6.45) is 0.202. The van der Waals surface area contributed by atoms with Gasteiger partial charge in [-0.25, -0.2) is 0 Å². The van der Waals surface area contributed by atoms with Crippen molar-refractivity contribution in [2.45, 2.75) is 24.9 Å². The minimum atomic E-state index is -1.12. The number of rotatable bonds is 2. The van der Waals surface area contributed by atoms with Gasteiger partial charge in [-0.15, -0.1) is 0 Å². The average Bonchev–Trinajstić information content (AvgIpc) is 2.60. The molecule has 3 heterocycles. The molecule has 2 fully saturated rings. The van der Waals surface area contributed by atoms with E-state index in [1.807, 2.05) is 0 Å². The quantitative estimate of drug-likeness (QED) is 0.636. The number of nitrogens with zero attached hydrogens (tertiary/aromatic N) is 1. The van der Waals surface area contributed by atoms with Crippen molar-refractivity contribution in [3.63, 3.8) is 0 Å². The first-order chi connectivity index (χ1) is 9.48. The minimum absolute atomic E-state index is 0.132. The molecule has 2 saturated heterocycles. The van der Waals surface area contributed by atoms with Crippen molar-refractivity contribution in [3.8, 4) is 0 Å². The standard InChI is InChI=1S/C12H16N2O5S/c1-6-2-14(11(20)13-9(6)17)10-7-3-18-5-12(4-15,19-10)8(7)16/h2,7-8,10,15-16H,3-5H2,1H3,(H,13,17,20)/t7-,8?,10+,12-/m0/s1. The maximum absolute atomic E-state index is 11.5. The van der Waals surface area contributed by atoms with Crippen LogP contribution in [0.25, 0.3) is 0 Å². The Balaban J connectivity index is 2.06. The van der Waals surface area contributed by atoms with Crippen molar-refractivity contribution in [2.75, 3.05) is 19.8 Å². The van der Waals surface area contributed by atoms with Gasteiger partial charge in [0.2, 0.25) is 0 Å². The Bertz CT molecular complexity index is 641. The zero-order valence-electron chi connectivity index (χ0n) is 10.9. The number of ether oxygens (including phenoxy) is 2. The summed E-state index contributed by atoms with van der Waals surface area (Å²) < 4.78 is 13.1. The zero-order valence-corrected chi connectivity index (χ0v) is 11.7. The molecule has 4 atom stereocenters. The van der Waals surface area contributed by atoms with Crippen LogP contribution in [0, 0.1) is 17.6 Å². The molecule has 2 aliphatic rings. The van der Waals surface area contributed by atoms with Crippen LogP contribution in [-0.4, -0.2) is 51.3 Å². The molecule has 0 amide bonds. The first-order valence-electron chi connectivity index (χ1n) is 6.35. The van der Waals surface area contributed by atoms with E-state index in [4.69, 9.17) is 21.7 Å². The first kappa shape index (κ1) is 13.9. The average molecular weight is 300 g/mol. The highest BCUT2D eigenvalue weighted by Crippen LogP contribution is 2.44. The lowest BCUT2D eigenvalue weighted by Crippen LogP contribution is -2.52. The van der Waals surface area contributed by atoms with Gasteiger partial charge in [0.1, 0.15) is 11.8 Å². The Hall–Kier alpha value is -1.06. The molecule has 7 nitrogen and oxygen atoms in total. The Morgan fingerprint density at radius 3 is 3.05 bits per heavy atom. The molecule has 2 bridgehead atoms. The van der Waals surface area contributed by atoms with Crippen molar-refractivity contribution >= 4 is 12.2 Å². The van der Waals surface area contributed by atoms with E-state index >= 15 is 0 Å². The highest BCUT2D eigenvalue weighted by Gasteiger charge is 2.58. The molecule has 0 aliphatic carbocycles. The smallest absolute Gasteiger partial charge is 0.254 e. The van der Waals surface area contributed by atoms with Crippen LogP contribution in [0.3, 0.4) is 0 Å². The van der Waals surface area contributed by atoms with E-state index in [2.05, 4.69) is 4.98 Å². The summed E-state index contributed by atoms with van der Waals surface area (Å²) in [4.78, 5) is 14.1. The van der Waals surface area contributed by atoms with E-state index in [1.165, 1.54) is 0 Å². The Kier molecular flexibility index (Phi) is 3.30. The fourth-order valence-corrected chi connectivity index (χ4v) is 3.07. The number of aryl methyl sites for hydroxylation is 1. The largest absolute Gasteiger partial charge is 0.393 e. The molecule has 0 radical (unpaired) electrons. The molecule has 3 rings (SSSR count). The minimum Gasteiger partial charge on any atom is -0.393 e. The van der Waals surface area contributed by atoms with Gasteiger partial charge in [-0.1, -0.05) is 0 Å². The summed E-state index contributed by atoms with van der Waals surface area (Å²) in [6, 6.07) is 0. The molecule has 20 heavy (non-hydrogen) atoms. The lowest BCUT2D eigenvalue weighted by molar-refractivity contribution is -0.163. The highest BCUT2D eigenvalue weighted by atomic mass is 32.1. The fourth-order valence-electron chi connectivity index (χ4n) is 2.82.